The van der Waals surface area contributed by atoms with Gasteiger partial charge >= 0.3 is 0 Å². The lowest BCUT2D eigenvalue weighted by Gasteiger charge is -2.27. The highest BCUT2D eigenvalue weighted by Crippen LogP contribution is 2.50. The Morgan fingerprint density at radius 1 is 0.444 bits per heavy atom. The summed E-state index contributed by atoms with van der Waals surface area (Å²) in [5, 5.41) is 20.1. The van der Waals surface area contributed by atoms with Crippen molar-refractivity contribution in [1.29, 1.82) is 0 Å². The van der Waals surface area contributed by atoms with Crippen LogP contribution >= 0.6 is 0 Å². The molecule has 2 nitrogen and oxygen atoms in total. The maximum atomic E-state index is 10.3. The minimum atomic E-state index is 0.246. The third-order valence-electron chi connectivity index (χ3n) is 11.0. The Kier molecular flexibility index (Phi) is 7.81. The third kappa shape index (κ3) is 5.43. The second-order valence-corrected chi connectivity index (χ2v) is 14.1. The van der Waals surface area contributed by atoms with Gasteiger partial charge in [-0.25, -0.2) is 0 Å². The van der Waals surface area contributed by atoms with Crippen LogP contribution in [-0.2, 0) is 0 Å². The van der Waals surface area contributed by atoms with Crippen LogP contribution in [0.2, 0.25) is 0 Å². The molecule has 54 heavy (non-hydrogen) atoms. The van der Waals surface area contributed by atoms with Crippen LogP contribution in [0.3, 0.4) is 0 Å². The van der Waals surface area contributed by atoms with Crippen LogP contribution in [0.1, 0.15) is 18.4 Å². The first kappa shape index (κ1) is 31.8. The first-order chi connectivity index (χ1) is 26.7. The summed E-state index contributed by atoms with van der Waals surface area (Å²) in [6, 6.07) is 62.8. The first-order valence-electron chi connectivity index (χ1n) is 18.7. The monoisotopic (exact) mass is 691 g/mol. The van der Waals surface area contributed by atoms with E-state index in [1.165, 1.54) is 76.5 Å². The number of hydrogen-bond donors (Lipinski definition) is 1. The molecule has 0 saturated heterocycles. The second-order valence-electron chi connectivity index (χ2n) is 14.1. The number of phenols is 1. The molecule has 0 radical (unpaired) electrons. The number of aromatic hydroxyl groups is 1. The molecule has 256 valence electrons. The van der Waals surface area contributed by atoms with E-state index in [0.29, 0.717) is 0 Å². The Labute approximate surface area is 315 Å². The normalized spacial score (nSPS) is 12.8. The van der Waals surface area contributed by atoms with Gasteiger partial charge in [0.25, 0.3) is 0 Å². The van der Waals surface area contributed by atoms with Crippen molar-refractivity contribution in [3.8, 4) is 28.0 Å². The van der Waals surface area contributed by atoms with E-state index >= 15 is 0 Å². The number of rotatable bonds is 6. The summed E-state index contributed by atoms with van der Waals surface area (Å²) < 4.78 is 0. The first-order valence-corrected chi connectivity index (χ1v) is 18.7. The average molecular weight is 692 g/mol. The van der Waals surface area contributed by atoms with E-state index < -0.39 is 0 Å². The summed E-state index contributed by atoms with van der Waals surface area (Å²) in [4.78, 5) is 2.30. The topological polar surface area (TPSA) is 23.5 Å². The Morgan fingerprint density at radius 2 is 1.07 bits per heavy atom. The Balaban J connectivity index is 1.34. The Hall–Kier alpha value is -6.90. The minimum Gasteiger partial charge on any atom is -0.508 e. The summed E-state index contributed by atoms with van der Waals surface area (Å²) in [5.74, 6) is 0.246. The maximum Gasteiger partial charge on any atom is 0.115 e. The second kappa shape index (κ2) is 13.3. The molecule has 0 unspecified atom stereocenters. The zero-order valence-corrected chi connectivity index (χ0v) is 29.8. The number of hydrogen-bond acceptors (Lipinski definition) is 2. The van der Waals surface area contributed by atoms with Crippen molar-refractivity contribution in [2.45, 2.75) is 12.8 Å². The van der Waals surface area contributed by atoms with E-state index in [4.69, 9.17) is 0 Å². The number of fused-ring (bicyclic) bond motifs is 7. The highest BCUT2D eigenvalue weighted by molar-refractivity contribution is 6.32. The Bertz CT molecular complexity index is 2920. The molecule has 2 heteroatoms. The van der Waals surface area contributed by atoms with Crippen LogP contribution in [0.5, 0.6) is 5.75 Å². The SMILES string of the molecule is Oc1ccc(N(c2ccc3ccccc3c2)c2ccc3c(c2)c2ccccc2c2c(C4=CC=CCC4)cc(-c4ccccc4)c(-c4ccccc4)c32)cc1. The van der Waals surface area contributed by atoms with E-state index in [0.717, 1.165) is 29.9 Å². The van der Waals surface area contributed by atoms with Gasteiger partial charge in [-0.05, 0) is 144 Å². The zero-order valence-electron chi connectivity index (χ0n) is 29.8. The molecule has 0 fully saturated rings. The van der Waals surface area contributed by atoms with Gasteiger partial charge in [0.05, 0.1) is 0 Å². The summed E-state index contributed by atoms with van der Waals surface area (Å²) in [7, 11) is 0. The van der Waals surface area contributed by atoms with Gasteiger partial charge in [0.15, 0.2) is 0 Å². The lowest BCUT2D eigenvalue weighted by Crippen LogP contribution is -2.10. The molecule has 0 heterocycles. The average Bonchev–Trinajstić information content (AvgIpc) is 3.24. The van der Waals surface area contributed by atoms with Crippen molar-refractivity contribution in [3.63, 3.8) is 0 Å². The fourth-order valence-electron chi connectivity index (χ4n) is 8.48. The molecule has 9 aromatic carbocycles. The standard InChI is InChI=1S/C52H37NO/c54-43-29-26-40(27-30-43)53(41-25-24-35-14-10-11-21-39(35)32-41)42-28-31-46-49(33-42)44-22-12-13-23-45(44)51-48(37-17-6-2-7-18-37)34-47(36-15-4-1-5-16-36)50(52(46)51)38-19-8-3-9-20-38/h1-6,8-17,19-34,54H,7,18H2. The van der Waals surface area contributed by atoms with Gasteiger partial charge in [-0.1, -0.05) is 140 Å². The summed E-state index contributed by atoms with van der Waals surface area (Å²) in [5.41, 5.74) is 10.7. The van der Waals surface area contributed by atoms with Crippen molar-refractivity contribution in [2.24, 2.45) is 0 Å². The van der Waals surface area contributed by atoms with Crippen molar-refractivity contribution in [1.82, 2.24) is 0 Å². The van der Waals surface area contributed by atoms with Crippen LogP contribution in [0.4, 0.5) is 17.1 Å². The lowest BCUT2D eigenvalue weighted by atomic mass is 9.80. The highest BCUT2D eigenvalue weighted by Gasteiger charge is 2.23. The van der Waals surface area contributed by atoms with Crippen LogP contribution in [0, 0.1) is 0 Å². The molecule has 10 rings (SSSR count). The van der Waals surface area contributed by atoms with E-state index in [1.807, 2.05) is 12.1 Å². The predicted molar refractivity (Wildman–Crippen MR) is 230 cm³/mol. The van der Waals surface area contributed by atoms with Gasteiger partial charge in [-0.2, -0.15) is 0 Å². The quantitative estimate of drug-likeness (QED) is 0.175. The van der Waals surface area contributed by atoms with Crippen molar-refractivity contribution in [3.05, 3.63) is 200 Å². The largest absolute Gasteiger partial charge is 0.508 e. The van der Waals surface area contributed by atoms with Crippen LogP contribution in [0.25, 0.3) is 70.9 Å². The molecule has 0 atom stereocenters. The van der Waals surface area contributed by atoms with Crippen molar-refractivity contribution >= 4 is 65.7 Å². The molecule has 9 aromatic rings. The molecule has 1 aliphatic carbocycles. The van der Waals surface area contributed by atoms with Gasteiger partial charge in [-0.3, -0.25) is 0 Å². The van der Waals surface area contributed by atoms with Gasteiger partial charge in [0.1, 0.15) is 5.75 Å². The molecule has 0 bridgehead atoms. The molecule has 1 aliphatic rings. The zero-order chi connectivity index (χ0) is 36.0. The molecular weight excluding hydrogens is 655 g/mol. The molecule has 1 N–H and O–H groups in total. The van der Waals surface area contributed by atoms with Crippen molar-refractivity contribution < 1.29 is 5.11 Å². The van der Waals surface area contributed by atoms with Gasteiger partial charge in [0, 0.05) is 17.1 Å². The molecule has 0 aromatic heterocycles. The minimum absolute atomic E-state index is 0.246. The van der Waals surface area contributed by atoms with Crippen LogP contribution in [-0.4, -0.2) is 5.11 Å². The number of anilines is 3. The Morgan fingerprint density at radius 3 is 1.83 bits per heavy atom. The van der Waals surface area contributed by atoms with E-state index in [2.05, 4.69) is 175 Å². The van der Waals surface area contributed by atoms with Gasteiger partial charge in [-0.15, -0.1) is 0 Å². The lowest BCUT2D eigenvalue weighted by molar-refractivity contribution is 0.475. The van der Waals surface area contributed by atoms with Crippen molar-refractivity contribution in [2.75, 3.05) is 4.90 Å². The molecule has 0 saturated carbocycles. The smallest absolute Gasteiger partial charge is 0.115 e. The summed E-state index contributed by atoms with van der Waals surface area (Å²) >= 11 is 0. The third-order valence-corrected chi connectivity index (χ3v) is 11.0. The number of phenolic OH excluding ortho intramolecular Hbond substituents is 1. The number of nitrogens with zero attached hydrogens (tertiary/aromatic N) is 1. The summed E-state index contributed by atoms with van der Waals surface area (Å²) in [6.07, 6.45) is 8.84. The molecule has 0 amide bonds. The number of benzene rings is 9. The fraction of sp³-hybridized carbons (Fsp3) is 0.0385. The van der Waals surface area contributed by atoms with E-state index in [9.17, 15) is 5.11 Å². The fourth-order valence-corrected chi connectivity index (χ4v) is 8.48. The molecular formula is C52H37NO. The van der Waals surface area contributed by atoms with Gasteiger partial charge in [0.2, 0.25) is 0 Å². The van der Waals surface area contributed by atoms with E-state index in [-0.39, 0.29) is 5.75 Å². The summed E-state index contributed by atoms with van der Waals surface area (Å²) in [6.45, 7) is 0. The molecule has 0 aliphatic heterocycles. The highest BCUT2D eigenvalue weighted by atomic mass is 16.3. The maximum absolute atomic E-state index is 10.3. The van der Waals surface area contributed by atoms with Crippen LogP contribution in [0.15, 0.2) is 194 Å². The number of allylic oxidation sites excluding steroid dienone is 4. The predicted octanol–water partition coefficient (Wildman–Crippen LogP) is 14.5. The van der Waals surface area contributed by atoms with Crippen LogP contribution < -0.4 is 4.90 Å². The molecule has 0 spiro atoms. The van der Waals surface area contributed by atoms with Gasteiger partial charge < -0.3 is 10.0 Å². The van der Waals surface area contributed by atoms with E-state index in [1.54, 1.807) is 12.1 Å².